The molecule has 2 heterocycles. The van der Waals surface area contributed by atoms with Crippen LogP contribution in [-0.2, 0) is 12.3 Å². The third-order valence-electron chi connectivity index (χ3n) is 3.92. The van der Waals surface area contributed by atoms with E-state index in [-0.39, 0.29) is 0 Å². The zero-order valence-corrected chi connectivity index (χ0v) is 16.3. The SMILES string of the molecule is Brc1ccc(CSc2nnc(-c3ccco3)n2Cc2ccccc2)cc1. The first-order chi connectivity index (χ1) is 12.8. The number of furan rings is 1. The fourth-order valence-electron chi connectivity index (χ4n) is 2.62. The van der Waals surface area contributed by atoms with Crippen molar-refractivity contribution in [2.45, 2.75) is 17.5 Å². The molecule has 0 aliphatic heterocycles. The van der Waals surface area contributed by atoms with Gasteiger partial charge in [-0.3, -0.25) is 4.57 Å². The summed E-state index contributed by atoms with van der Waals surface area (Å²) in [5.41, 5.74) is 2.44. The van der Waals surface area contributed by atoms with Gasteiger partial charge in [0.25, 0.3) is 0 Å². The molecule has 0 radical (unpaired) electrons. The lowest BCUT2D eigenvalue weighted by molar-refractivity contribution is 0.569. The fraction of sp³-hybridized carbons (Fsp3) is 0.100. The summed E-state index contributed by atoms with van der Waals surface area (Å²) in [4.78, 5) is 0. The van der Waals surface area contributed by atoms with Gasteiger partial charge in [-0.1, -0.05) is 70.2 Å². The zero-order chi connectivity index (χ0) is 17.8. The minimum absolute atomic E-state index is 0.701. The minimum atomic E-state index is 0.701. The van der Waals surface area contributed by atoms with E-state index < -0.39 is 0 Å². The second kappa shape index (κ2) is 7.93. The Bertz CT molecular complexity index is 966. The highest BCUT2D eigenvalue weighted by Gasteiger charge is 2.16. The number of thioether (sulfide) groups is 1. The number of aromatic nitrogens is 3. The first-order valence-corrected chi connectivity index (χ1v) is 9.96. The molecule has 2 aromatic carbocycles. The maximum atomic E-state index is 5.55. The van der Waals surface area contributed by atoms with E-state index in [1.54, 1.807) is 18.0 Å². The highest BCUT2D eigenvalue weighted by atomic mass is 79.9. The van der Waals surface area contributed by atoms with Crippen LogP contribution in [0, 0.1) is 0 Å². The molecule has 130 valence electrons. The molecule has 26 heavy (non-hydrogen) atoms. The first-order valence-electron chi connectivity index (χ1n) is 8.18. The molecule has 0 aliphatic carbocycles. The summed E-state index contributed by atoms with van der Waals surface area (Å²) < 4.78 is 8.74. The quantitative estimate of drug-likeness (QED) is 0.374. The van der Waals surface area contributed by atoms with E-state index in [0.29, 0.717) is 6.54 Å². The molecule has 0 bridgehead atoms. The van der Waals surface area contributed by atoms with Crippen LogP contribution in [0.2, 0.25) is 0 Å². The number of halogens is 1. The molecule has 4 rings (SSSR count). The molecule has 0 saturated heterocycles. The van der Waals surface area contributed by atoms with Crippen molar-refractivity contribution in [2.24, 2.45) is 0 Å². The highest BCUT2D eigenvalue weighted by Crippen LogP contribution is 2.28. The summed E-state index contributed by atoms with van der Waals surface area (Å²) in [5, 5.41) is 9.66. The molecule has 0 saturated carbocycles. The summed E-state index contributed by atoms with van der Waals surface area (Å²) in [5.74, 6) is 2.30. The van der Waals surface area contributed by atoms with Gasteiger partial charge in [-0.2, -0.15) is 0 Å². The molecule has 0 atom stereocenters. The van der Waals surface area contributed by atoms with Gasteiger partial charge in [0, 0.05) is 10.2 Å². The number of benzene rings is 2. The molecule has 0 amide bonds. The van der Waals surface area contributed by atoms with Crippen molar-refractivity contribution in [1.29, 1.82) is 0 Å². The van der Waals surface area contributed by atoms with Crippen LogP contribution in [0.15, 0.2) is 87.0 Å². The van der Waals surface area contributed by atoms with Crippen LogP contribution in [-0.4, -0.2) is 14.8 Å². The predicted octanol–water partition coefficient (Wildman–Crippen LogP) is 5.64. The maximum absolute atomic E-state index is 5.55. The molecule has 0 N–H and O–H groups in total. The van der Waals surface area contributed by atoms with Crippen molar-refractivity contribution >= 4 is 27.7 Å². The van der Waals surface area contributed by atoms with Crippen molar-refractivity contribution in [3.63, 3.8) is 0 Å². The van der Waals surface area contributed by atoms with E-state index in [1.165, 1.54) is 11.1 Å². The average molecular weight is 426 g/mol. The van der Waals surface area contributed by atoms with E-state index in [0.717, 1.165) is 27.0 Å². The van der Waals surface area contributed by atoms with Gasteiger partial charge in [0.1, 0.15) is 0 Å². The minimum Gasteiger partial charge on any atom is -0.461 e. The van der Waals surface area contributed by atoms with E-state index in [4.69, 9.17) is 4.42 Å². The second-order valence-corrected chi connectivity index (χ2v) is 7.63. The van der Waals surface area contributed by atoms with Gasteiger partial charge in [0.15, 0.2) is 10.9 Å². The largest absolute Gasteiger partial charge is 0.461 e. The molecular formula is C20H16BrN3OS. The number of hydrogen-bond acceptors (Lipinski definition) is 4. The van der Waals surface area contributed by atoms with E-state index in [9.17, 15) is 0 Å². The van der Waals surface area contributed by atoms with Crippen molar-refractivity contribution in [2.75, 3.05) is 0 Å². The van der Waals surface area contributed by atoms with Crippen LogP contribution >= 0.6 is 27.7 Å². The third-order valence-corrected chi connectivity index (χ3v) is 5.49. The first kappa shape index (κ1) is 17.1. The topological polar surface area (TPSA) is 43.9 Å². The van der Waals surface area contributed by atoms with E-state index in [2.05, 4.69) is 67.1 Å². The molecule has 0 fully saturated rings. The van der Waals surface area contributed by atoms with Crippen LogP contribution < -0.4 is 0 Å². The van der Waals surface area contributed by atoms with E-state index >= 15 is 0 Å². The molecule has 0 spiro atoms. The Morgan fingerprint density at radius 2 is 1.69 bits per heavy atom. The fourth-order valence-corrected chi connectivity index (χ4v) is 3.78. The van der Waals surface area contributed by atoms with Crippen LogP contribution in [0.25, 0.3) is 11.6 Å². The van der Waals surface area contributed by atoms with Gasteiger partial charge in [0.05, 0.1) is 12.8 Å². The Balaban J connectivity index is 1.62. The lowest BCUT2D eigenvalue weighted by Crippen LogP contribution is -2.03. The number of hydrogen-bond donors (Lipinski definition) is 0. The Morgan fingerprint density at radius 3 is 2.42 bits per heavy atom. The standard InChI is InChI=1S/C20H16BrN3OS/c21-17-10-8-16(9-11-17)14-26-20-23-22-19(18-7-4-12-25-18)24(20)13-15-5-2-1-3-6-15/h1-12H,13-14H2. The summed E-state index contributed by atoms with van der Waals surface area (Å²) in [7, 11) is 0. The number of nitrogens with zero attached hydrogens (tertiary/aromatic N) is 3. The monoisotopic (exact) mass is 425 g/mol. The van der Waals surface area contributed by atoms with Gasteiger partial charge in [-0.25, -0.2) is 0 Å². The average Bonchev–Trinajstić information content (AvgIpc) is 3.32. The molecule has 0 unspecified atom stereocenters. The Kier molecular flexibility index (Phi) is 5.22. The Labute approximate surface area is 164 Å². The summed E-state index contributed by atoms with van der Waals surface area (Å²) >= 11 is 5.15. The molecule has 0 aliphatic rings. The number of rotatable bonds is 6. The Morgan fingerprint density at radius 1 is 0.885 bits per heavy atom. The lowest BCUT2D eigenvalue weighted by Gasteiger charge is -2.09. The summed E-state index contributed by atoms with van der Waals surface area (Å²) in [6.45, 7) is 0.701. The van der Waals surface area contributed by atoms with Gasteiger partial charge < -0.3 is 4.42 Å². The van der Waals surface area contributed by atoms with Crippen LogP contribution in [0.4, 0.5) is 0 Å². The molecule has 2 aromatic heterocycles. The van der Waals surface area contributed by atoms with Crippen molar-refractivity contribution in [1.82, 2.24) is 14.8 Å². The van der Waals surface area contributed by atoms with Crippen LogP contribution in [0.5, 0.6) is 0 Å². The molecule has 4 nitrogen and oxygen atoms in total. The summed E-state index contributed by atoms with van der Waals surface area (Å²) in [6, 6.07) is 22.4. The second-order valence-electron chi connectivity index (χ2n) is 5.77. The van der Waals surface area contributed by atoms with Crippen LogP contribution in [0.1, 0.15) is 11.1 Å². The molecular weight excluding hydrogens is 410 g/mol. The van der Waals surface area contributed by atoms with Crippen molar-refractivity contribution in [3.05, 3.63) is 88.6 Å². The third kappa shape index (κ3) is 3.92. The highest BCUT2D eigenvalue weighted by molar-refractivity contribution is 9.10. The summed E-state index contributed by atoms with van der Waals surface area (Å²) in [6.07, 6.45) is 1.66. The van der Waals surface area contributed by atoms with Crippen LogP contribution in [0.3, 0.4) is 0 Å². The van der Waals surface area contributed by atoms with Gasteiger partial charge >= 0.3 is 0 Å². The predicted molar refractivity (Wildman–Crippen MR) is 107 cm³/mol. The van der Waals surface area contributed by atoms with E-state index in [1.807, 2.05) is 30.3 Å². The van der Waals surface area contributed by atoms with Gasteiger partial charge in [0.2, 0.25) is 5.82 Å². The lowest BCUT2D eigenvalue weighted by atomic mass is 10.2. The van der Waals surface area contributed by atoms with Crippen molar-refractivity contribution < 1.29 is 4.42 Å². The van der Waals surface area contributed by atoms with Gasteiger partial charge in [-0.05, 0) is 35.4 Å². The Hall–Kier alpha value is -2.31. The normalized spacial score (nSPS) is 11.0. The molecule has 4 aromatic rings. The smallest absolute Gasteiger partial charge is 0.200 e. The maximum Gasteiger partial charge on any atom is 0.200 e. The van der Waals surface area contributed by atoms with Gasteiger partial charge in [-0.15, -0.1) is 10.2 Å². The zero-order valence-electron chi connectivity index (χ0n) is 13.9. The van der Waals surface area contributed by atoms with Crippen molar-refractivity contribution in [3.8, 4) is 11.6 Å². The molecule has 6 heteroatoms.